The maximum atomic E-state index is 11.9. The van der Waals surface area contributed by atoms with Gasteiger partial charge in [0.15, 0.2) is 5.69 Å². The van der Waals surface area contributed by atoms with Crippen molar-refractivity contribution in [2.75, 3.05) is 5.73 Å². The van der Waals surface area contributed by atoms with Gasteiger partial charge in [0.25, 0.3) is 5.91 Å². The molecule has 4 N–H and O–H groups in total. The number of aromatic nitrogens is 4. The minimum absolute atomic E-state index is 0.231. The van der Waals surface area contributed by atoms with Gasteiger partial charge in [-0.3, -0.25) is 14.6 Å². The van der Waals surface area contributed by atoms with Crippen LogP contribution in [0.5, 0.6) is 0 Å². The summed E-state index contributed by atoms with van der Waals surface area (Å²) in [4.78, 5) is 11.9. The van der Waals surface area contributed by atoms with Gasteiger partial charge in [0, 0.05) is 25.4 Å². The number of H-pyrrole nitrogens is 1. The van der Waals surface area contributed by atoms with Crippen LogP contribution in [0.4, 0.5) is 5.69 Å². The first kappa shape index (κ1) is 12.2. The number of amides is 1. The minimum atomic E-state index is -0.292. The van der Waals surface area contributed by atoms with Crippen molar-refractivity contribution < 1.29 is 4.79 Å². The highest BCUT2D eigenvalue weighted by Gasteiger charge is 2.15. The monoisotopic (exact) mass is 248 g/mol. The van der Waals surface area contributed by atoms with Gasteiger partial charge in [-0.15, -0.1) is 0 Å². The summed E-state index contributed by atoms with van der Waals surface area (Å²) in [6.45, 7) is 4.07. The largest absolute Gasteiger partial charge is 0.395 e. The lowest BCUT2D eigenvalue weighted by molar-refractivity contribution is 0.0946. The lowest BCUT2D eigenvalue weighted by Crippen LogP contribution is -2.24. The average molecular weight is 248 g/mol. The molecule has 0 saturated carbocycles. The number of carbonyl (C=O) groups excluding carboxylic acids is 1. The molecule has 1 amide bonds. The van der Waals surface area contributed by atoms with E-state index in [0.717, 1.165) is 11.3 Å². The number of rotatable bonds is 3. The summed E-state index contributed by atoms with van der Waals surface area (Å²) in [7, 11) is 1.84. The topological polar surface area (TPSA) is 102 Å². The van der Waals surface area contributed by atoms with Crippen molar-refractivity contribution in [3.8, 4) is 0 Å². The summed E-state index contributed by atoms with van der Waals surface area (Å²) < 4.78 is 1.71. The minimum Gasteiger partial charge on any atom is -0.395 e. The average Bonchev–Trinajstić information content (AvgIpc) is 2.80. The molecule has 0 spiro atoms. The van der Waals surface area contributed by atoms with E-state index in [2.05, 4.69) is 20.6 Å². The van der Waals surface area contributed by atoms with Gasteiger partial charge < -0.3 is 11.1 Å². The quantitative estimate of drug-likeness (QED) is 0.725. The number of aryl methyl sites for hydroxylation is 3. The molecule has 7 heteroatoms. The third kappa shape index (κ3) is 2.20. The van der Waals surface area contributed by atoms with E-state index in [1.165, 1.54) is 0 Å². The number of nitrogens with two attached hydrogens (primary N) is 1. The number of aromatic amines is 1. The van der Waals surface area contributed by atoms with Crippen molar-refractivity contribution in [2.24, 2.45) is 7.05 Å². The van der Waals surface area contributed by atoms with Crippen LogP contribution in [0.15, 0.2) is 6.20 Å². The third-order valence-electron chi connectivity index (χ3n) is 2.76. The standard InChI is InChI=1S/C11H16N6O/c1-6-8(5-17(3)16-6)4-13-11(18)10-9(12)7(2)14-15-10/h5H,4,12H2,1-3H3,(H,13,18)(H,14,15). The van der Waals surface area contributed by atoms with Crippen molar-refractivity contribution in [3.63, 3.8) is 0 Å². The maximum Gasteiger partial charge on any atom is 0.274 e. The van der Waals surface area contributed by atoms with Crippen LogP contribution < -0.4 is 11.1 Å². The molecule has 2 heterocycles. The van der Waals surface area contributed by atoms with Crippen LogP contribution >= 0.6 is 0 Å². The van der Waals surface area contributed by atoms with Crippen LogP contribution in [0.3, 0.4) is 0 Å². The van der Waals surface area contributed by atoms with E-state index in [-0.39, 0.29) is 11.6 Å². The predicted molar refractivity (Wildman–Crippen MR) is 66.9 cm³/mol. The predicted octanol–water partition coefficient (Wildman–Crippen LogP) is 0.272. The van der Waals surface area contributed by atoms with Crippen LogP contribution in [0.2, 0.25) is 0 Å². The first-order valence-corrected chi connectivity index (χ1v) is 5.56. The summed E-state index contributed by atoms with van der Waals surface area (Å²) in [5.41, 5.74) is 8.90. The zero-order valence-electron chi connectivity index (χ0n) is 10.6. The van der Waals surface area contributed by atoms with Crippen molar-refractivity contribution in [1.29, 1.82) is 0 Å². The number of carbonyl (C=O) groups is 1. The van der Waals surface area contributed by atoms with Crippen LogP contribution in [0.1, 0.15) is 27.4 Å². The van der Waals surface area contributed by atoms with E-state index >= 15 is 0 Å². The van der Waals surface area contributed by atoms with Gasteiger partial charge in [0.1, 0.15) is 0 Å². The van der Waals surface area contributed by atoms with Gasteiger partial charge in [-0.25, -0.2) is 0 Å². The summed E-state index contributed by atoms with van der Waals surface area (Å²) in [5, 5.41) is 13.5. The van der Waals surface area contributed by atoms with Gasteiger partial charge in [-0.1, -0.05) is 0 Å². The molecule has 7 nitrogen and oxygen atoms in total. The summed E-state index contributed by atoms with van der Waals surface area (Å²) in [6.07, 6.45) is 1.87. The van der Waals surface area contributed by atoms with Gasteiger partial charge in [-0.2, -0.15) is 10.2 Å². The molecule has 0 radical (unpaired) electrons. The molecule has 0 bridgehead atoms. The molecule has 0 aromatic carbocycles. The van der Waals surface area contributed by atoms with Crippen LogP contribution in [0, 0.1) is 13.8 Å². The van der Waals surface area contributed by atoms with Gasteiger partial charge in [0.2, 0.25) is 0 Å². The van der Waals surface area contributed by atoms with Gasteiger partial charge in [-0.05, 0) is 13.8 Å². The second-order valence-corrected chi connectivity index (χ2v) is 4.21. The summed E-state index contributed by atoms with van der Waals surface area (Å²) in [6, 6.07) is 0. The molecule has 96 valence electrons. The first-order chi connectivity index (χ1) is 8.49. The number of anilines is 1. The Morgan fingerprint density at radius 1 is 1.56 bits per heavy atom. The highest BCUT2D eigenvalue weighted by Crippen LogP contribution is 2.12. The first-order valence-electron chi connectivity index (χ1n) is 5.56. The molecule has 0 aliphatic heterocycles. The molecule has 2 aromatic heterocycles. The Morgan fingerprint density at radius 3 is 2.78 bits per heavy atom. The van der Waals surface area contributed by atoms with Crippen LogP contribution in [-0.2, 0) is 13.6 Å². The summed E-state index contributed by atoms with van der Waals surface area (Å²) >= 11 is 0. The lowest BCUT2D eigenvalue weighted by Gasteiger charge is -2.02. The Kier molecular flexibility index (Phi) is 3.05. The smallest absolute Gasteiger partial charge is 0.274 e. The molecule has 0 saturated heterocycles. The van der Waals surface area contributed by atoms with E-state index in [1.54, 1.807) is 11.6 Å². The summed E-state index contributed by atoms with van der Waals surface area (Å²) in [5.74, 6) is -0.292. The Hall–Kier alpha value is -2.31. The third-order valence-corrected chi connectivity index (χ3v) is 2.76. The normalized spacial score (nSPS) is 10.6. The zero-order chi connectivity index (χ0) is 13.3. The molecular formula is C11H16N6O. The molecule has 2 aromatic rings. The fraction of sp³-hybridized carbons (Fsp3) is 0.364. The van der Waals surface area contributed by atoms with Crippen molar-refractivity contribution in [3.05, 3.63) is 28.8 Å². The molecule has 18 heavy (non-hydrogen) atoms. The fourth-order valence-electron chi connectivity index (χ4n) is 1.69. The van der Waals surface area contributed by atoms with E-state index in [0.29, 0.717) is 17.9 Å². The van der Waals surface area contributed by atoms with E-state index < -0.39 is 0 Å². The zero-order valence-corrected chi connectivity index (χ0v) is 10.6. The number of hydrogen-bond acceptors (Lipinski definition) is 4. The Balaban J connectivity index is 2.05. The van der Waals surface area contributed by atoms with Crippen LogP contribution in [0.25, 0.3) is 0 Å². The SMILES string of the molecule is Cc1nn(C)cc1CNC(=O)c1n[nH]c(C)c1N. The molecule has 0 unspecified atom stereocenters. The van der Waals surface area contributed by atoms with Crippen LogP contribution in [-0.4, -0.2) is 25.9 Å². The maximum absolute atomic E-state index is 11.9. The Bertz CT molecular complexity index is 582. The highest BCUT2D eigenvalue weighted by atomic mass is 16.1. The molecule has 0 atom stereocenters. The second-order valence-electron chi connectivity index (χ2n) is 4.21. The van der Waals surface area contributed by atoms with Crippen molar-refractivity contribution in [2.45, 2.75) is 20.4 Å². The van der Waals surface area contributed by atoms with Crippen molar-refractivity contribution >= 4 is 11.6 Å². The van der Waals surface area contributed by atoms with Gasteiger partial charge >= 0.3 is 0 Å². The van der Waals surface area contributed by atoms with E-state index in [1.807, 2.05) is 20.2 Å². The number of nitrogens with zero attached hydrogens (tertiary/aromatic N) is 3. The second kappa shape index (κ2) is 4.52. The Morgan fingerprint density at radius 2 is 2.28 bits per heavy atom. The van der Waals surface area contributed by atoms with E-state index in [9.17, 15) is 4.79 Å². The van der Waals surface area contributed by atoms with Crippen molar-refractivity contribution in [1.82, 2.24) is 25.3 Å². The molecule has 0 aliphatic rings. The fourth-order valence-corrected chi connectivity index (χ4v) is 1.69. The Labute approximate surface area is 104 Å². The number of nitrogens with one attached hydrogen (secondary N) is 2. The lowest BCUT2D eigenvalue weighted by atomic mass is 10.2. The highest BCUT2D eigenvalue weighted by molar-refractivity contribution is 5.97. The van der Waals surface area contributed by atoms with Gasteiger partial charge in [0.05, 0.1) is 17.1 Å². The molecule has 0 fully saturated rings. The molecule has 0 aliphatic carbocycles. The molecular weight excluding hydrogens is 232 g/mol. The van der Waals surface area contributed by atoms with E-state index in [4.69, 9.17) is 5.73 Å². The number of hydrogen-bond donors (Lipinski definition) is 3. The number of nitrogen functional groups attached to an aromatic ring is 1. The molecule has 2 rings (SSSR count).